The van der Waals surface area contributed by atoms with Crippen molar-refractivity contribution < 1.29 is 0 Å². The molecule has 3 aromatic rings. The van der Waals surface area contributed by atoms with Gasteiger partial charge in [0.1, 0.15) is 12.1 Å². The van der Waals surface area contributed by atoms with Crippen LogP contribution < -0.4 is 5.32 Å². The number of hydrogen-bond donors (Lipinski definition) is 1. The SMILES string of the molecule is c1ccc(Nc2csc(-c3nncn3C3CC3)n2)cc1. The number of hydrogen-bond acceptors (Lipinski definition) is 5. The first-order chi connectivity index (χ1) is 9.90. The van der Waals surface area contributed by atoms with E-state index in [4.69, 9.17) is 0 Å². The van der Waals surface area contributed by atoms with Crippen LogP contribution in [0.4, 0.5) is 11.5 Å². The summed E-state index contributed by atoms with van der Waals surface area (Å²) in [5.74, 6) is 1.72. The molecule has 5 nitrogen and oxygen atoms in total. The smallest absolute Gasteiger partial charge is 0.193 e. The maximum absolute atomic E-state index is 4.60. The second kappa shape index (κ2) is 4.72. The molecule has 1 aromatic carbocycles. The maximum Gasteiger partial charge on any atom is 0.193 e. The van der Waals surface area contributed by atoms with Crippen LogP contribution in [0.25, 0.3) is 10.8 Å². The Morgan fingerprint density at radius 2 is 2.05 bits per heavy atom. The molecule has 2 aromatic heterocycles. The minimum absolute atomic E-state index is 0.564. The molecule has 1 saturated carbocycles. The van der Waals surface area contributed by atoms with E-state index in [-0.39, 0.29) is 0 Å². The monoisotopic (exact) mass is 283 g/mol. The van der Waals surface area contributed by atoms with E-state index in [1.54, 1.807) is 17.7 Å². The van der Waals surface area contributed by atoms with Crippen LogP contribution in [0.15, 0.2) is 42.0 Å². The van der Waals surface area contributed by atoms with Crippen LogP contribution in [0.1, 0.15) is 18.9 Å². The summed E-state index contributed by atoms with van der Waals surface area (Å²) in [6.45, 7) is 0. The topological polar surface area (TPSA) is 55.6 Å². The van der Waals surface area contributed by atoms with E-state index in [0.29, 0.717) is 6.04 Å². The van der Waals surface area contributed by atoms with Gasteiger partial charge in [-0.1, -0.05) is 18.2 Å². The molecule has 6 heteroatoms. The van der Waals surface area contributed by atoms with Crippen molar-refractivity contribution >= 4 is 22.8 Å². The highest BCUT2D eigenvalue weighted by atomic mass is 32.1. The zero-order chi connectivity index (χ0) is 13.4. The van der Waals surface area contributed by atoms with E-state index in [0.717, 1.165) is 22.3 Å². The first-order valence-corrected chi connectivity index (χ1v) is 7.45. The Kier molecular flexibility index (Phi) is 2.74. The Hall–Kier alpha value is -2.21. The lowest BCUT2D eigenvalue weighted by atomic mass is 10.3. The zero-order valence-electron chi connectivity index (χ0n) is 10.7. The van der Waals surface area contributed by atoms with Crippen molar-refractivity contribution in [3.05, 3.63) is 42.0 Å². The van der Waals surface area contributed by atoms with Gasteiger partial charge < -0.3 is 9.88 Å². The number of benzene rings is 1. The molecule has 1 N–H and O–H groups in total. The summed E-state index contributed by atoms with van der Waals surface area (Å²) in [6.07, 6.45) is 4.23. The fraction of sp³-hybridized carbons (Fsp3) is 0.214. The lowest BCUT2D eigenvalue weighted by Gasteiger charge is -2.02. The van der Waals surface area contributed by atoms with Crippen molar-refractivity contribution in [2.45, 2.75) is 18.9 Å². The van der Waals surface area contributed by atoms with Gasteiger partial charge in [-0.3, -0.25) is 0 Å². The predicted octanol–water partition coefficient (Wildman–Crippen LogP) is 3.48. The number of para-hydroxylation sites is 1. The highest BCUT2D eigenvalue weighted by Gasteiger charge is 2.27. The summed E-state index contributed by atoms with van der Waals surface area (Å²) < 4.78 is 2.13. The summed E-state index contributed by atoms with van der Waals surface area (Å²) >= 11 is 1.59. The molecule has 1 aliphatic carbocycles. The molecule has 1 fully saturated rings. The van der Waals surface area contributed by atoms with Crippen LogP contribution in [0.2, 0.25) is 0 Å². The van der Waals surface area contributed by atoms with Crippen molar-refractivity contribution in [1.82, 2.24) is 19.7 Å². The third-order valence-electron chi connectivity index (χ3n) is 3.26. The van der Waals surface area contributed by atoms with Crippen LogP contribution in [0, 0.1) is 0 Å². The number of anilines is 2. The van der Waals surface area contributed by atoms with Crippen LogP contribution >= 0.6 is 11.3 Å². The molecule has 0 spiro atoms. The molecule has 0 saturated heterocycles. The molecular formula is C14H13N5S. The van der Waals surface area contributed by atoms with Gasteiger partial charge in [-0.25, -0.2) is 4.98 Å². The van der Waals surface area contributed by atoms with Gasteiger partial charge in [0.15, 0.2) is 10.8 Å². The molecule has 100 valence electrons. The minimum Gasteiger partial charge on any atom is -0.340 e. The molecule has 2 heterocycles. The number of aromatic nitrogens is 4. The molecule has 4 rings (SSSR count). The molecular weight excluding hydrogens is 270 g/mol. The normalized spacial score (nSPS) is 14.4. The maximum atomic E-state index is 4.60. The molecule has 0 atom stereocenters. The largest absolute Gasteiger partial charge is 0.340 e. The second-order valence-corrected chi connectivity index (χ2v) is 5.68. The third-order valence-corrected chi connectivity index (χ3v) is 4.09. The van der Waals surface area contributed by atoms with E-state index in [1.165, 1.54) is 12.8 Å². The standard InChI is InChI=1S/C14H13N5S/c1-2-4-10(5-3-1)16-12-8-20-14(17-12)13-18-15-9-19(13)11-6-7-11/h1-5,8-9,11,16H,6-7H2. The van der Waals surface area contributed by atoms with E-state index >= 15 is 0 Å². The summed E-state index contributed by atoms with van der Waals surface area (Å²) in [6, 6.07) is 10.6. The Balaban J connectivity index is 1.60. The van der Waals surface area contributed by atoms with Gasteiger partial charge in [0.05, 0.1) is 0 Å². The Morgan fingerprint density at radius 1 is 1.20 bits per heavy atom. The zero-order valence-corrected chi connectivity index (χ0v) is 11.5. The first kappa shape index (κ1) is 11.6. The number of nitrogens with one attached hydrogen (secondary N) is 1. The highest BCUT2D eigenvalue weighted by Crippen LogP contribution is 2.38. The second-order valence-electron chi connectivity index (χ2n) is 4.82. The van der Waals surface area contributed by atoms with Gasteiger partial charge >= 0.3 is 0 Å². The Labute approximate surface area is 120 Å². The number of thiazole rings is 1. The van der Waals surface area contributed by atoms with Gasteiger partial charge in [-0.15, -0.1) is 21.5 Å². The summed E-state index contributed by atoms with van der Waals surface area (Å²) in [5, 5.41) is 14.4. The van der Waals surface area contributed by atoms with E-state index in [1.807, 2.05) is 35.7 Å². The Bertz CT molecular complexity index is 714. The summed E-state index contributed by atoms with van der Waals surface area (Å²) in [7, 11) is 0. The van der Waals surface area contributed by atoms with Crippen molar-refractivity contribution in [1.29, 1.82) is 0 Å². The average molecular weight is 283 g/mol. The number of rotatable bonds is 4. The van der Waals surface area contributed by atoms with Crippen molar-refractivity contribution in [2.75, 3.05) is 5.32 Å². The molecule has 0 unspecified atom stereocenters. The van der Waals surface area contributed by atoms with Crippen LogP contribution in [-0.4, -0.2) is 19.7 Å². The van der Waals surface area contributed by atoms with E-state index in [9.17, 15) is 0 Å². The molecule has 20 heavy (non-hydrogen) atoms. The van der Waals surface area contributed by atoms with Crippen molar-refractivity contribution in [3.63, 3.8) is 0 Å². The van der Waals surface area contributed by atoms with Gasteiger partial charge in [-0.2, -0.15) is 0 Å². The van der Waals surface area contributed by atoms with Gasteiger partial charge in [0.2, 0.25) is 0 Å². The fourth-order valence-electron chi connectivity index (χ4n) is 2.12. The lowest BCUT2D eigenvalue weighted by Crippen LogP contribution is -1.96. The Morgan fingerprint density at radius 3 is 2.85 bits per heavy atom. The number of nitrogens with zero attached hydrogens (tertiary/aromatic N) is 4. The highest BCUT2D eigenvalue weighted by molar-refractivity contribution is 7.13. The third kappa shape index (κ3) is 2.18. The van der Waals surface area contributed by atoms with Gasteiger partial charge in [0.25, 0.3) is 0 Å². The average Bonchev–Trinajstić information content (AvgIpc) is 3.02. The van der Waals surface area contributed by atoms with Gasteiger partial charge in [0, 0.05) is 17.1 Å². The fourth-order valence-corrected chi connectivity index (χ4v) is 2.86. The molecule has 0 radical (unpaired) electrons. The quantitative estimate of drug-likeness (QED) is 0.796. The summed E-state index contributed by atoms with van der Waals surface area (Å²) in [5.41, 5.74) is 1.04. The van der Waals surface area contributed by atoms with E-state index < -0.39 is 0 Å². The first-order valence-electron chi connectivity index (χ1n) is 6.57. The van der Waals surface area contributed by atoms with Gasteiger partial charge in [-0.05, 0) is 25.0 Å². The minimum atomic E-state index is 0.564. The molecule has 0 amide bonds. The van der Waals surface area contributed by atoms with Crippen LogP contribution in [-0.2, 0) is 0 Å². The lowest BCUT2D eigenvalue weighted by molar-refractivity contribution is 0.745. The summed E-state index contributed by atoms with van der Waals surface area (Å²) in [4.78, 5) is 4.60. The molecule has 0 aliphatic heterocycles. The predicted molar refractivity (Wildman–Crippen MR) is 79.1 cm³/mol. The van der Waals surface area contributed by atoms with Crippen LogP contribution in [0.3, 0.4) is 0 Å². The molecule has 0 bridgehead atoms. The molecule has 1 aliphatic rings. The van der Waals surface area contributed by atoms with Crippen molar-refractivity contribution in [2.24, 2.45) is 0 Å². The van der Waals surface area contributed by atoms with Crippen molar-refractivity contribution in [3.8, 4) is 10.8 Å². The van der Waals surface area contributed by atoms with Crippen LogP contribution in [0.5, 0.6) is 0 Å². The van der Waals surface area contributed by atoms with E-state index in [2.05, 4.69) is 25.1 Å².